The van der Waals surface area contributed by atoms with E-state index in [4.69, 9.17) is 5.11 Å². The first kappa shape index (κ1) is 9.00. The molecule has 0 spiro atoms. The van der Waals surface area contributed by atoms with Crippen LogP contribution in [0.15, 0.2) is 0 Å². The third-order valence-corrected chi connectivity index (χ3v) is 3.55. The molecule has 1 saturated carbocycles. The van der Waals surface area contributed by atoms with Crippen molar-refractivity contribution in [3.05, 3.63) is 0 Å². The second kappa shape index (κ2) is 3.66. The average molecular weight is 183 g/mol. The molecule has 0 aromatic heterocycles. The van der Waals surface area contributed by atoms with Crippen molar-refractivity contribution in [1.82, 2.24) is 5.32 Å². The van der Waals surface area contributed by atoms with Gasteiger partial charge in [0.15, 0.2) is 0 Å². The molecule has 74 valence electrons. The van der Waals surface area contributed by atoms with Crippen LogP contribution in [0.4, 0.5) is 0 Å². The summed E-state index contributed by atoms with van der Waals surface area (Å²) in [6.45, 7) is 1.91. The Hall–Kier alpha value is -0.570. The molecule has 0 radical (unpaired) electrons. The number of rotatable bonds is 3. The minimum atomic E-state index is -0.571. The molecule has 2 rings (SSSR count). The fraction of sp³-hybridized carbons (Fsp3) is 0.900. The Morgan fingerprint density at radius 2 is 2.08 bits per heavy atom. The van der Waals surface area contributed by atoms with E-state index in [1.807, 2.05) is 0 Å². The maximum absolute atomic E-state index is 11.1. The zero-order valence-corrected chi connectivity index (χ0v) is 7.83. The van der Waals surface area contributed by atoms with Crippen molar-refractivity contribution in [2.45, 2.75) is 25.7 Å². The van der Waals surface area contributed by atoms with Crippen LogP contribution in [-0.2, 0) is 4.79 Å². The molecule has 3 nitrogen and oxygen atoms in total. The molecule has 2 N–H and O–H groups in total. The van der Waals surface area contributed by atoms with Gasteiger partial charge in [0.2, 0.25) is 0 Å². The summed E-state index contributed by atoms with van der Waals surface area (Å²) in [6.07, 6.45) is 4.54. The molecule has 2 atom stereocenters. The molecule has 1 heterocycles. The predicted molar refractivity (Wildman–Crippen MR) is 49.4 cm³/mol. The molecule has 13 heavy (non-hydrogen) atoms. The first-order valence-corrected chi connectivity index (χ1v) is 5.22. The molecule has 0 aromatic rings. The van der Waals surface area contributed by atoms with Crippen LogP contribution in [0, 0.1) is 17.8 Å². The smallest absolute Gasteiger partial charge is 0.307 e. The lowest BCUT2D eigenvalue weighted by atomic mass is 9.70. The first-order valence-electron chi connectivity index (χ1n) is 5.22. The van der Waals surface area contributed by atoms with Gasteiger partial charge in [0.05, 0.1) is 5.92 Å². The molecule has 0 bridgehead atoms. The van der Waals surface area contributed by atoms with Gasteiger partial charge in [-0.2, -0.15) is 0 Å². The summed E-state index contributed by atoms with van der Waals surface area (Å²) in [5, 5.41) is 12.4. The monoisotopic (exact) mass is 183 g/mol. The second-order valence-corrected chi connectivity index (χ2v) is 4.31. The summed E-state index contributed by atoms with van der Waals surface area (Å²) in [5.41, 5.74) is 0. The number of aliphatic carboxylic acids is 1. The van der Waals surface area contributed by atoms with Gasteiger partial charge in [0.1, 0.15) is 0 Å². The van der Waals surface area contributed by atoms with Gasteiger partial charge in [0, 0.05) is 0 Å². The molecular formula is C10H17NO2. The van der Waals surface area contributed by atoms with E-state index in [0.29, 0.717) is 11.8 Å². The fourth-order valence-corrected chi connectivity index (χ4v) is 2.57. The Balaban J connectivity index is 1.98. The Morgan fingerprint density at radius 3 is 2.46 bits per heavy atom. The molecule has 3 heteroatoms. The maximum Gasteiger partial charge on any atom is 0.307 e. The maximum atomic E-state index is 11.1. The lowest BCUT2D eigenvalue weighted by Crippen LogP contribution is -2.35. The van der Waals surface area contributed by atoms with Gasteiger partial charge >= 0.3 is 5.97 Å². The number of nitrogens with one attached hydrogen (secondary N) is 1. The quantitative estimate of drug-likeness (QED) is 0.688. The van der Waals surface area contributed by atoms with Crippen molar-refractivity contribution in [2.75, 3.05) is 13.1 Å². The van der Waals surface area contributed by atoms with Crippen LogP contribution >= 0.6 is 0 Å². The molecular weight excluding hydrogens is 166 g/mol. The second-order valence-electron chi connectivity index (χ2n) is 4.31. The Labute approximate surface area is 78.5 Å². The van der Waals surface area contributed by atoms with Crippen LogP contribution in [0.3, 0.4) is 0 Å². The van der Waals surface area contributed by atoms with Gasteiger partial charge in [-0.25, -0.2) is 0 Å². The fourth-order valence-electron chi connectivity index (χ4n) is 2.57. The van der Waals surface area contributed by atoms with Crippen molar-refractivity contribution in [1.29, 1.82) is 0 Å². The molecule has 1 saturated heterocycles. The lowest BCUT2D eigenvalue weighted by molar-refractivity contribution is -0.147. The molecule has 1 aliphatic heterocycles. The third-order valence-electron chi connectivity index (χ3n) is 3.55. The summed E-state index contributed by atoms with van der Waals surface area (Å²) in [5.74, 6) is 0.229. The predicted octanol–water partition coefficient (Wildman–Crippen LogP) is 1.10. The van der Waals surface area contributed by atoms with E-state index in [1.165, 1.54) is 6.42 Å². The van der Waals surface area contributed by atoms with E-state index < -0.39 is 5.97 Å². The van der Waals surface area contributed by atoms with E-state index >= 15 is 0 Å². The van der Waals surface area contributed by atoms with Crippen LogP contribution in [0.2, 0.25) is 0 Å². The van der Waals surface area contributed by atoms with Crippen LogP contribution in [0.1, 0.15) is 25.7 Å². The van der Waals surface area contributed by atoms with Crippen molar-refractivity contribution >= 4 is 5.97 Å². The third kappa shape index (κ3) is 1.70. The van der Waals surface area contributed by atoms with Gasteiger partial charge in [-0.3, -0.25) is 4.79 Å². The highest BCUT2D eigenvalue weighted by atomic mass is 16.4. The van der Waals surface area contributed by atoms with Gasteiger partial charge in [-0.1, -0.05) is 6.42 Å². The molecule has 0 aromatic carbocycles. The zero-order chi connectivity index (χ0) is 9.26. The van der Waals surface area contributed by atoms with Gasteiger partial charge in [-0.05, 0) is 44.2 Å². The topological polar surface area (TPSA) is 49.3 Å². The molecule has 0 amide bonds. The van der Waals surface area contributed by atoms with Crippen LogP contribution in [0.5, 0.6) is 0 Å². The number of hydrogen-bond donors (Lipinski definition) is 2. The van der Waals surface area contributed by atoms with E-state index in [-0.39, 0.29) is 5.92 Å². The normalized spacial score (nSPS) is 31.2. The number of carbonyl (C=O) groups is 1. The van der Waals surface area contributed by atoms with Crippen molar-refractivity contribution in [2.24, 2.45) is 17.8 Å². The summed E-state index contributed by atoms with van der Waals surface area (Å²) < 4.78 is 0. The molecule has 2 fully saturated rings. The summed E-state index contributed by atoms with van der Waals surface area (Å²) in [4.78, 5) is 11.1. The SMILES string of the molecule is O=C(O)C(C1CCC1)C1CCNC1. The standard InChI is InChI=1S/C10H17NO2/c12-10(13)9(7-2-1-3-7)8-4-5-11-6-8/h7-9,11H,1-6H2,(H,12,13). The average Bonchev–Trinajstić information content (AvgIpc) is 2.46. The Bertz CT molecular complexity index is 195. The molecule has 1 aliphatic carbocycles. The Kier molecular flexibility index (Phi) is 2.54. The Morgan fingerprint density at radius 1 is 1.31 bits per heavy atom. The largest absolute Gasteiger partial charge is 0.481 e. The van der Waals surface area contributed by atoms with E-state index in [9.17, 15) is 4.79 Å². The minimum Gasteiger partial charge on any atom is -0.481 e. The zero-order valence-electron chi connectivity index (χ0n) is 7.83. The lowest BCUT2D eigenvalue weighted by Gasteiger charge is -2.34. The number of carboxylic acid groups (broad SMARTS) is 1. The van der Waals surface area contributed by atoms with Gasteiger partial charge in [-0.15, -0.1) is 0 Å². The highest BCUT2D eigenvalue weighted by Crippen LogP contribution is 2.39. The number of hydrogen-bond acceptors (Lipinski definition) is 2. The van der Waals surface area contributed by atoms with Gasteiger partial charge in [0.25, 0.3) is 0 Å². The van der Waals surface area contributed by atoms with Crippen LogP contribution < -0.4 is 5.32 Å². The highest BCUT2D eigenvalue weighted by Gasteiger charge is 2.39. The summed E-state index contributed by atoms with van der Waals surface area (Å²) in [6, 6.07) is 0. The minimum absolute atomic E-state index is 0.0660. The summed E-state index contributed by atoms with van der Waals surface area (Å²) >= 11 is 0. The van der Waals surface area contributed by atoms with Crippen molar-refractivity contribution < 1.29 is 9.90 Å². The number of carboxylic acids is 1. The van der Waals surface area contributed by atoms with E-state index in [1.54, 1.807) is 0 Å². The van der Waals surface area contributed by atoms with Crippen molar-refractivity contribution in [3.63, 3.8) is 0 Å². The highest BCUT2D eigenvalue weighted by molar-refractivity contribution is 5.71. The van der Waals surface area contributed by atoms with E-state index in [2.05, 4.69) is 5.32 Å². The van der Waals surface area contributed by atoms with Crippen molar-refractivity contribution in [3.8, 4) is 0 Å². The van der Waals surface area contributed by atoms with Crippen LogP contribution in [0.25, 0.3) is 0 Å². The molecule has 2 aliphatic rings. The van der Waals surface area contributed by atoms with Crippen LogP contribution in [-0.4, -0.2) is 24.2 Å². The molecule has 2 unspecified atom stereocenters. The summed E-state index contributed by atoms with van der Waals surface area (Å²) in [7, 11) is 0. The first-order chi connectivity index (χ1) is 6.29. The van der Waals surface area contributed by atoms with E-state index in [0.717, 1.165) is 32.4 Å². The van der Waals surface area contributed by atoms with Gasteiger partial charge < -0.3 is 10.4 Å².